The normalized spacial score (nSPS) is 19.9. The number of aryl methyl sites for hydroxylation is 1. The number of Topliss-reactive ketones (excluding diaryl/α,β-unsaturated/α-hetero) is 1. The fourth-order valence-electron chi connectivity index (χ4n) is 4.67. The van der Waals surface area contributed by atoms with Gasteiger partial charge in [0.25, 0.3) is 0 Å². The summed E-state index contributed by atoms with van der Waals surface area (Å²) in [5.41, 5.74) is 5.29. The van der Waals surface area contributed by atoms with Gasteiger partial charge in [-0.15, -0.1) is 0 Å². The summed E-state index contributed by atoms with van der Waals surface area (Å²) in [6, 6.07) is 15.4. The van der Waals surface area contributed by atoms with Gasteiger partial charge in [-0.25, -0.2) is 0 Å². The van der Waals surface area contributed by atoms with Crippen molar-refractivity contribution in [1.82, 2.24) is 4.90 Å². The van der Waals surface area contributed by atoms with E-state index in [-0.39, 0.29) is 5.78 Å². The fraction of sp³-hybridized carbons (Fsp3) is 0.375. The molecule has 0 amide bonds. The smallest absolute Gasteiger partial charge is 0.163 e. The third kappa shape index (κ3) is 3.00. The molecule has 1 aliphatic carbocycles. The van der Waals surface area contributed by atoms with E-state index in [1.807, 2.05) is 6.07 Å². The first-order valence-electron chi connectivity index (χ1n) is 10.1. The molecule has 0 radical (unpaired) electrons. The van der Waals surface area contributed by atoms with Crippen LogP contribution in [0.5, 0.6) is 0 Å². The number of fused-ring (bicyclic) bond motifs is 2. The molecule has 3 heteroatoms. The van der Waals surface area contributed by atoms with Gasteiger partial charge in [-0.1, -0.05) is 36.4 Å². The van der Waals surface area contributed by atoms with Crippen LogP contribution >= 0.6 is 0 Å². The molecule has 0 spiro atoms. The zero-order valence-electron chi connectivity index (χ0n) is 15.8. The van der Waals surface area contributed by atoms with E-state index in [1.54, 1.807) is 0 Å². The van der Waals surface area contributed by atoms with Crippen molar-refractivity contribution >= 4 is 16.8 Å². The van der Waals surface area contributed by atoms with Gasteiger partial charge in [-0.05, 0) is 49.9 Å². The molecule has 2 aliphatic rings. The number of carbonyl (C=O) groups excluding carboxylic acids is 1. The van der Waals surface area contributed by atoms with Crippen LogP contribution < -0.4 is 0 Å². The van der Waals surface area contributed by atoms with Gasteiger partial charge in [0, 0.05) is 41.9 Å². The lowest BCUT2D eigenvalue weighted by molar-refractivity contribution is 0.0994. The molecular weight excluding hydrogens is 334 g/mol. The van der Waals surface area contributed by atoms with Crippen molar-refractivity contribution in [1.29, 1.82) is 0 Å². The summed E-state index contributed by atoms with van der Waals surface area (Å²) < 4.78 is 6.30. The Bertz CT molecular complexity index is 1020. The Morgan fingerprint density at radius 2 is 2.04 bits per heavy atom. The summed E-state index contributed by atoms with van der Waals surface area (Å²) in [5, 5.41) is 1.16. The summed E-state index contributed by atoms with van der Waals surface area (Å²) in [4.78, 5) is 14.5. The zero-order chi connectivity index (χ0) is 18.4. The van der Waals surface area contributed by atoms with Crippen LogP contribution in [-0.4, -0.2) is 29.8 Å². The molecule has 1 unspecified atom stereocenters. The molecule has 27 heavy (non-hydrogen) atoms. The van der Waals surface area contributed by atoms with Crippen LogP contribution in [0.2, 0.25) is 0 Å². The van der Waals surface area contributed by atoms with Crippen LogP contribution in [0.4, 0.5) is 0 Å². The van der Waals surface area contributed by atoms with Crippen molar-refractivity contribution in [3.05, 3.63) is 59.4 Å². The van der Waals surface area contributed by atoms with E-state index in [4.69, 9.17) is 4.42 Å². The third-order valence-electron chi connectivity index (χ3n) is 6.27. The number of rotatable bonds is 4. The molecule has 2 aromatic carbocycles. The Morgan fingerprint density at radius 3 is 2.89 bits per heavy atom. The van der Waals surface area contributed by atoms with Gasteiger partial charge in [0.1, 0.15) is 11.3 Å². The first-order chi connectivity index (χ1) is 13.2. The highest BCUT2D eigenvalue weighted by Gasteiger charge is 2.22. The van der Waals surface area contributed by atoms with Gasteiger partial charge in [0.15, 0.2) is 5.78 Å². The lowest BCUT2D eigenvalue weighted by Crippen LogP contribution is -2.28. The van der Waals surface area contributed by atoms with Crippen molar-refractivity contribution in [3.63, 3.8) is 0 Å². The highest BCUT2D eigenvalue weighted by molar-refractivity contribution is 6.01. The predicted molar refractivity (Wildman–Crippen MR) is 108 cm³/mol. The van der Waals surface area contributed by atoms with Gasteiger partial charge in [0.2, 0.25) is 0 Å². The minimum absolute atomic E-state index is 0.270. The first-order valence-corrected chi connectivity index (χ1v) is 10.1. The maximum atomic E-state index is 11.9. The minimum Gasteiger partial charge on any atom is -0.460 e. The van der Waals surface area contributed by atoms with Crippen molar-refractivity contribution in [2.45, 2.75) is 45.1 Å². The number of nitrogens with zero attached hydrogens (tertiary/aromatic N) is 1. The number of benzene rings is 2. The number of hydrogen-bond donors (Lipinski definition) is 0. The van der Waals surface area contributed by atoms with Crippen LogP contribution in [-0.2, 0) is 12.8 Å². The van der Waals surface area contributed by atoms with Gasteiger partial charge < -0.3 is 9.32 Å². The van der Waals surface area contributed by atoms with Crippen molar-refractivity contribution < 1.29 is 9.21 Å². The quantitative estimate of drug-likeness (QED) is 0.637. The average molecular weight is 359 g/mol. The molecule has 1 saturated heterocycles. The second kappa shape index (κ2) is 6.65. The molecule has 1 atom stereocenters. The van der Waals surface area contributed by atoms with E-state index >= 15 is 0 Å². The van der Waals surface area contributed by atoms with E-state index in [0.717, 1.165) is 52.8 Å². The summed E-state index contributed by atoms with van der Waals surface area (Å²) in [6.07, 6.45) is 5.08. The summed E-state index contributed by atoms with van der Waals surface area (Å²) in [7, 11) is 0. The van der Waals surface area contributed by atoms with E-state index in [2.05, 4.69) is 48.2 Å². The molecule has 0 N–H and O–H groups in total. The minimum atomic E-state index is 0.270. The SMILES string of the molecule is CC1CCCN1CCc1cc2cccc(-c3ccc4c(c3)CCC4=O)c2o1. The Kier molecular flexibility index (Phi) is 4.13. The van der Waals surface area contributed by atoms with E-state index in [0.29, 0.717) is 12.5 Å². The Morgan fingerprint density at radius 1 is 1.11 bits per heavy atom. The molecule has 1 aromatic heterocycles. The molecule has 1 aliphatic heterocycles. The zero-order valence-corrected chi connectivity index (χ0v) is 15.8. The second-order valence-corrected chi connectivity index (χ2v) is 8.01. The maximum absolute atomic E-state index is 11.9. The fourth-order valence-corrected chi connectivity index (χ4v) is 4.67. The van der Waals surface area contributed by atoms with Gasteiger partial charge in [-0.2, -0.15) is 0 Å². The molecule has 138 valence electrons. The van der Waals surface area contributed by atoms with Gasteiger partial charge in [-0.3, -0.25) is 4.79 Å². The molecule has 5 rings (SSSR count). The van der Waals surface area contributed by atoms with Crippen LogP contribution in [0.15, 0.2) is 46.9 Å². The highest BCUT2D eigenvalue weighted by Crippen LogP contribution is 2.34. The Labute approximate surface area is 160 Å². The van der Waals surface area contributed by atoms with Crippen LogP contribution in [0, 0.1) is 0 Å². The lowest BCUT2D eigenvalue weighted by atomic mass is 9.99. The van der Waals surface area contributed by atoms with Crippen molar-refractivity contribution in [3.8, 4) is 11.1 Å². The van der Waals surface area contributed by atoms with E-state index in [9.17, 15) is 4.79 Å². The van der Waals surface area contributed by atoms with Crippen molar-refractivity contribution in [2.75, 3.05) is 13.1 Å². The first kappa shape index (κ1) is 16.8. The number of ketones is 1. The largest absolute Gasteiger partial charge is 0.460 e. The Hall–Kier alpha value is -2.39. The number of likely N-dealkylation sites (tertiary alicyclic amines) is 1. The predicted octanol–water partition coefficient (Wildman–Crippen LogP) is 5.26. The number of carbonyl (C=O) groups is 1. The number of furan rings is 1. The van der Waals surface area contributed by atoms with E-state index < -0.39 is 0 Å². The highest BCUT2D eigenvalue weighted by atomic mass is 16.3. The summed E-state index contributed by atoms with van der Waals surface area (Å²) >= 11 is 0. The standard InChI is InChI=1S/C24H25NO2/c1-16-4-3-12-25(16)13-11-20-15-19-5-2-6-22(24(19)27-20)18-7-9-21-17(14-18)8-10-23(21)26/h2,5-7,9,14-16H,3-4,8,10-13H2,1H3. The molecule has 0 saturated carbocycles. The average Bonchev–Trinajstić information content (AvgIpc) is 3.38. The molecule has 0 bridgehead atoms. The molecule has 3 aromatic rings. The molecule has 1 fully saturated rings. The number of para-hydroxylation sites is 1. The van der Waals surface area contributed by atoms with Gasteiger partial charge in [0.05, 0.1) is 0 Å². The van der Waals surface area contributed by atoms with E-state index in [1.165, 1.54) is 24.9 Å². The number of hydrogen-bond acceptors (Lipinski definition) is 3. The summed E-state index contributed by atoms with van der Waals surface area (Å²) in [5.74, 6) is 1.33. The van der Waals surface area contributed by atoms with Crippen LogP contribution in [0.1, 0.15) is 47.9 Å². The van der Waals surface area contributed by atoms with Crippen LogP contribution in [0.25, 0.3) is 22.1 Å². The summed E-state index contributed by atoms with van der Waals surface area (Å²) in [6.45, 7) is 4.60. The third-order valence-corrected chi connectivity index (χ3v) is 6.27. The van der Waals surface area contributed by atoms with Crippen LogP contribution in [0.3, 0.4) is 0 Å². The molecular formula is C24H25NO2. The van der Waals surface area contributed by atoms with Crippen molar-refractivity contribution in [2.24, 2.45) is 0 Å². The monoisotopic (exact) mass is 359 g/mol. The molecule has 3 nitrogen and oxygen atoms in total. The topological polar surface area (TPSA) is 33.5 Å². The lowest BCUT2D eigenvalue weighted by Gasteiger charge is -2.19. The Balaban J connectivity index is 1.45. The maximum Gasteiger partial charge on any atom is 0.163 e. The second-order valence-electron chi connectivity index (χ2n) is 8.01. The van der Waals surface area contributed by atoms with Gasteiger partial charge >= 0.3 is 0 Å². The molecule has 2 heterocycles.